The minimum atomic E-state index is -0.453. The summed E-state index contributed by atoms with van der Waals surface area (Å²) in [5, 5.41) is 16.6. The van der Waals surface area contributed by atoms with Gasteiger partial charge in [-0.15, -0.1) is 0 Å². The minimum Gasteiger partial charge on any atom is -0.353 e. The van der Waals surface area contributed by atoms with Crippen LogP contribution in [-0.2, 0) is 9.59 Å². The summed E-state index contributed by atoms with van der Waals surface area (Å²) in [5.41, 5.74) is 1.28. The molecule has 1 fully saturated rings. The molecule has 0 spiro atoms. The van der Waals surface area contributed by atoms with Crippen LogP contribution < -0.4 is 10.6 Å². The highest BCUT2D eigenvalue weighted by molar-refractivity contribution is 5.91. The maximum atomic E-state index is 12.2. The second-order valence-electron chi connectivity index (χ2n) is 7.33. The summed E-state index contributed by atoms with van der Waals surface area (Å²) in [7, 11) is 0. The number of amides is 2. The molecule has 0 saturated carbocycles. The second kappa shape index (κ2) is 9.45. The fraction of sp³-hybridized carbons (Fsp3) is 0.579. The van der Waals surface area contributed by atoms with Gasteiger partial charge in [0.1, 0.15) is 0 Å². The van der Waals surface area contributed by atoms with Crippen molar-refractivity contribution in [3.05, 3.63) is 33.9 Å². The van der Waals surface area contributed by atoms with Gasteiger partial charge in [-0.25, -0.2) is 0 Å². The molecule has 1 aliphatic rings. The van der Waals surface area contributed by atoms with Crippen LogP contribution in [0.5, 0.6) is 0 Å². The van der Waals surface area contributed by atoms with Gasteiger partial charge in [-0.1, -0.05) is 13.8 Å². The lowest BCUT2D eigenvalue weighted by atomic mass is 10.0. The number of anilines is 1. The lowest BCUT2D eigenvalue weighted by Crippen LogP contribution is -2.46. The van der Waals surface area contributed by atoms with Crippen molar-refractivity contribution in [3.63, 3.8) is 0 Å². The van der Waals surface area contributed by atoms with Crippen LogP contribution in [0, 0.1) is 23.0 Å². The lowest BCUT2D eigenvalue weighted by molar-refractivity contribution is -0.384. The number of benzene rings is 1. The van der Waals surface area contributed by atoms with Gasteiger partial charge in [0, 0.05) is 55.8 Å². The molecule has 8 heteroatoms. The van der Waals surface area contributed by atoms with Crippen molar-refractivity contribution in [1.29, 1.82) is 0 Å². The first-order chi connectivity index (χ1) is 12.8. The molecule has 2 amide bonds. The van der Waals surface area contributed by atoms with Crippen molar-refractivity contribution in [3.8, 4) is 0 Å². The van der Waals surface area contributed by atoms with Crippen LogP contribution in [0.1, 0.15) is 38.7 Å². The number of nitro groups is 1. The molecule has 0 aliphatic carbocycles. The SMILES string of the molecule is Cc1cc([N+](=O)[O-])ccc1NC(=O)CCN1CCC(NC(=O)C(C)C)CC1. The average Bonchev–Trinajstić information content (AvgIpc) is 2.62. The van der Waals surface area contributed by atoms with E-state index in [1.54, 1.807) is 13.0 Å². The van der Waals surface area contributed by atoms with Crippen molar-refractivity contribution in [2.24, 2.45) is 5.92 Å². The summed E-state index contributed by atoms with van der Waals surface area (Å²) in [4.78, 5) is 36.5. The van der Waals surface area contributed by atoms with Crippen LogP contribution in [0.15, 0.2) is 18.2 Å². The van der Waals surface area contributed by atoms with Crippen LogP contribution in [0.3, 0.4) is 0 Å². The number of nitrogens with zero attached hydrogens (tertiary/aromatic N) is 2. The van der Waals surface area contributed by atoms with E-state index in [-0.39, 0.29) is 29.5 Å². The number of likely N-dealkylation sites (tertiary alicyclic amines) is 1. The predicted molar refractivity (Wildman–Crippen MR) is 104 cm³/mol. The van der Waals surface area contributed by atoms with Gasteiger partial charge < -0.3 is 15.5 Å². The van der Waals surface area contributed by atoms with Gasteiger partial charge in [0.05, 0.1) is 4.92 Å². The number of hydrogen-bond acceptors (Lipinski definition) is 5. The maximum absolute atomic E-state index is 12.2. The van der Waals surface area contributed by atoms with E-state index >= 15 is 0 Å². The van der Waals surface area contributed by atoms with Gasteiger partial charge in [0.25, 0.3) is 5.69 Å². The number of carbonyl (C=O) groups excluding carboxylic acids is 2. The van der Waals surface area contributed by atoms with E-state index < -0.39 is 4.92 Å². The molecule has 1 saturated heterocycles. The largest absolute Gasteiger partial charge is 0.353 e. The standard InChI is InChI=1S/C19H28N4O4/c1-13(2)19(25)20-15-6-9-22(10-7-15)11-8-18(24)21-17-5-4-16(23(26)27)12-14(17)3/h4-5,12-13,15H,6-11H2,1-3H3,(H,20,25)(H,21,24). The van der Waals surface area contributed by atoms with Crippen LogP contribution in [0.4, 0.5) is 11.4 Å². The molecule has 0 unspecified atom stereocenters. The number of piperidine rings is 1. The number of rotatable bonds is 7. The maximum Gasteiger partial charge on any atom is 0.269 e. The molecule has 0 bridgehead atoms. The quantitative estimate of drug-likeness (QED) is 0.562. The number of non-ortho nitro benzene ring substituents is 1. The molecule has 27 heavy (non-hydrogen) atoms. The number of nitrogens with one attached hydrogen (secondary N) is 2. The lowest BCUT2D eigenvalue weighted by Gasteiger charge is -2.32. The van der Waals surface area contributed by atoms with E-state index in [1.807, 2.05) is 13.8 Å². The molecular weight excluding hydrogens is 348 g/mol. The molecule has 2 rings (SSSR count). The van der Waals surface area contributed by atoms with Crippen molar-refractivity contribution in [2.75, 3.05) is 25.0 Å². The Balaban J connectivity index is 1.74. The Bertz CT molecular complexity index is 697. The molecule has 0 atom stereocenters. The van der Waals surface area contributed by atoms with Gasteiger partial charge >= 0.3 is 0 Å². The second-order valence-corrected chi connectivity index (χ2v) is 7.33. The van der Waals surface area contributed by atoms with Crippen molar-refractivity contribution in [1.82, 2.24) is 10.2 Å². The molecular formula is C19H28N4O4. The Morgan fingerprint density at radius 1 is 1.30 bits per heavy atom. The molecule has 2 N–H and O–H groups in total. The fourth-order valence-corrected chi connectivity index (χ4v) is 3.04. The Hall–Kier alpha value is -2.48. The molecule has 1 heterocycles. The van der Waals surface area contributed by atoms with Gasteiger partial charge in [0.15, 0.2) is 0 Å². The van der Waals surface area contributed by atoms with Crippen LogP contribution in [0.2, 0.25) is 0 Å². The zero-order valence-corrected chi connectivity index (χ0v) is 16.2. The summed E-state index contributed by atoms with van der Waals surface area (Å²) < 4.78 is 0. The molecule has 1 aromatic rings. The van der Waals surface area contributed by atoms with E-state index in [4.69, 9.17) is 0 Å². The van der Waals surface area contributed by atoms with E-state index in [0.29, 0.717) is 24.2 Å². The zero-order chi connectivity index (χ0) is 20.0. The Kier molecular flexibility index (Phi) is 7.29. The summed E-state index contributed by atoms with van der Waals surface area (Å²) in [6.07, 6.45) is 2.14. The topological polar surface area (TPSA) is 105 Å². The third-order valence-corrected chi connectivity index (χ3v) is 4.81. The van der Waals surface area contributed by atoms with E-state index in [1.165, 1.54) is 12.1 Å². The first kappa shape index (κ1) is 20.8. The van der Waals surface area contributed by atoms with Gasteiger partial charge in [-0.3, -0.25) is 19.7 Å². The molecule has 1 aromatic carbocycles. The van der Waals surface area contributed by atoms with E-state index in [0.717, 1.165) is 25.9 Å². The highest BCUT2D eigenvalue weighted by Gasteiger charge is 2.22. The minimum absolute atomic E-state index is 0.00500. The molecule has 1 aliphatic heterocycles. The monoisotopic (exact) mass is 376 g/mol. The van der Waals surface area contributed by atoms with E-state index in [2.05, 4.69) is 15.5 Å². The van der Waals surface area contributed by atoms with Gasteiger partial charge in [-0.2, -0.15) is 0 Å². The first-order valence-electron chi connectivity index (χ1n) is 9.34. The third kappa shape index (κ3) is 6.32. The molecule has 8 nitrogen and oxygen atoms in total. The molecule has 0 aromatic heterocycles. The molecule has 0 radical (unpaired) electrons. The Morgan fingerprint density at radius 3 is 2.52 bits per heavy atom. The molecule has 148 valence electrons. The smallest absolute Gasteiger partial charge is 0.269 e. The zero-order valence-electron chi connectivity index (χ0n) is 16.2. The summed E-state index contributed by atoms with van der Waals surface area (Å²) in [6.45, 7) is 7.87. The summed E-state index contributed by atoms with van der Waals surface area (Å²) in [5.74, 6) is -0.0249. The predicted octanol–water partition coefficient (Wildman–Crippen LogP) is 2.47. The van der Waals surface area contributed by atoms with E-state index in [9.17, 15) is 19.7 Å². The van der Waals surface area contributed by atoms with Gasteiger partial charge in [-0.05, 0) is 31.4 Å². The van der Waals surface area contributed by atoms with Crippen LogP contribution in [-0.4, -0.2) is 47.3 Å². The number of carbonyl (C=O) groups is 2. The highest BCUT2D eigenvalue weighted by Crippen LogP contribution is 2.21. The summed E-state index contributed by atoms with van der Waals surface area (Å²) in [6, 6.07) is 4.62. The van der Waals surface area contributed by atoms with Crippen LogP contribution >= 0.6 is 0 Å². The van der Waals surface area contributed by atoms with Crippen molar-refractivity contribution >= 4 is 23.2 Å². The van der Waals surface area contributed by atoms with Crippen LogP contribution in [0.25, 0.3) is 0 Å². The number of aryl methyl sites for hydroxylation is 1. The summed E-state index contributed by atoms with van der Waals surface area (Å²) >= 11 is 0. The normalized spacial score (nSPS) is 15.6. The number of hydrogen-bond donors (Lipinski definition) is 2. The average molecular weight is 376 g/mol. The third-order valence-electron chi connectivity index (χ3n) is 4.81. The Morgan fingerprint density at radius 2 is 1.96 bits per heavy atom. The van der Waals surface area contributed by atoms with Gasteiger partial charge in [0.2, 0.25) is 11.8 Å². The van der Waals surface area contributed by atoms with Crippen molar-refractivity contribution in [2.45, 2.75) is 46.1 Å². The number of nitro benzene ring substituents is 1. The fourth-order valence-electron chi connectivity index (χ4n) is 3.04. The Labute approximate surface area is 159 Å². The first-order valence-corrected chi connectivity index (χ1v) is 9.34. The highest BCUT2D eigenvalue weighted by atomic mass is 16.6. The van der Waals surface area contributed by atoms with Crippen molar-refractivity contribution < 1.29 is 14.5 Å².